The van der Waals surface area contributed by atoms with Crippen molar-refractivity contribution in [1.29, 1.82) is 0 Å². The predicted octanol–water partition coefficient (Wildman–Crippen LogP) is 3.20. The third-order valence-corrected chi connectivity index (χ3v) is 4.04. The van der Waals surface area contributed by atoms with Gasteiger partial charge in [0, 0.05) is 23.3 Å². The number of alkyl halides is 3. The Bertz CT molecular complexity index is 931. The highest BCUT2D eigenvalue weighted by Crippen LogP contribution is 2.40. The van der Waals surface area contributed by atoms with Crippen LogP contribution in [0, 0.1) is 10.1 Å². The number of nitro benzene ring substituents is 1. The summed E-state index contributed by atoms with van der Waals surface area (Å²) < 4.78 is 39.5. The molecule has 1 N–H and O–H groups in total. The lowest BCUT2D eigenvalue weighted by Crippen LogP contribution is -2.43. The standard InChI is InChI=1S/C17H12F3N3O4/c18-17(19,20)14-10-16(25,12-6-2-1-3-7-12)22(21-14)15(24)11-5-4-8-13(9-11)23(26)27/h1-9,25H,10H2/t16-/m0/s1. The first-order valence-electron chi connectivity index (χ1n) is 7.64. The molecule has 1 aliphatic rings. The van der Waals surface area contributed by atoms with Crippen LogP contribution in [0.5, 0.6) is 0 Å². The number of non-ortho nitro benzene ring substituents is 1. The van der Waals surface area contributed by atoms with Gasteiger partial charge in [-0.15, -0.1) is 0 Å². The van der Waals surface area contributed by atoms with Crippen molar-refractivity contribution in [3.8, 4) is 0 Å². The van der Waals surface area contributed by atoms with E-state index in [1.54, 1.807) is 6.07 Å². The summed E-state index contributed by atoms with van der Waals surface area (Å²) in [5.74, 6) is -1.09. The van der Waals surface area contributed by atoms with Crippen LogP contribution in [0.15, 0.2) is 59.7 Å². The summed E-state index contributed by atoms with van der Waals surface area (Å²) in [6, 6.07) is 11.8. The Kier molecular flexibility index (Phi) is 4.44. The fourth-order valence-electron chi connectivity index (χ4n) is 2.72. The van der Waals surface area contributed by atoms with Crippen LogP contribution in [0.25, 0.3) is 0 Å². The molecule has 0 radical (unpaired) electrons. The molecule has 1 amide bonds. The Morgan fingerprint density at radius 2 is 1.85 bits per heavy atom. The number of carbonyl (C=O) groups is 1. The van der Waals surface area contributed by atoms with Crippen molar-refractivity contribution in [3.05, 3.63) is 75.8 Å². The molecule has 0 unspecified atom stereocenters. The Balaban J connectivity index is 2.08. The minimum absolute atomic E-state index is 0.0341. The number of hydrogen-bond acceptors (Lipinski definition) is 5. The topological polar surface area (TPSA) is 96.0 Å². The molecule has 1 heterocycles. The van der Waals surface area contributed by atoms with Crippen LogP contribution in [-0.2, 0) is 5.72 Å². The Hall–Kier alpha value is -3.27. The van der Waals surface area contributed by atoms with Gasteiger partial charge in [-0.1, -0.05) is 36.4 Å². The number of nitro groups is 1. The summed E-state index contributed by atoms with van der Waals surface area (Å²) in [6.45, 7) is 0. The van der Waals surface area contributed by atoms with Crippen molar-refractivity contribution in [3.63, 3.8) is 0 Å². The molecule has 2 aromatic carbocycles. The summed E-state index contributed by atoms with van der Waals surface area (Å²) >= 11 is 0. The Labute approximate surface area is 150 Å². The summed E-state index contributed by atoms with van der Waals surface area (Å²) in [5.41, 5.74) is -4.35. The van der Waals surface area contributed by atoms with E-state index in [0.29, 0.717) is 5.01 Å². The molecule has 2 aromatic rings. The van der Waals surface area contributed by atoms with Gasteiger partial charge in [0.25, 0.3) is 11.6 Å². The van der Waals surface area contributed by atoms with E-state index in [1.165, 1.54) is 36.4 Å². The maximum Gasteiger partial charge on any atom is 0.431 e. The van der Waals surface area contributed by atoms with Gasteiger partial charge in [0.15, 0.2) is 5.72 Å². The van der Waals surface area contributed by atoms with E-state index < -0.39 is 40.6 Å². The molecule has 0 aromatic heterocycles. The largest absolute Gasteiger partial charge is 0.431 e. The minimum Gasteiger partial charge on any atom is -0.365 e. The molecule has 0 spiro atoms. The maximum atomic E-state index is 13.2. The van der Waals surface area contributed by atoms with Gasteiger partial charge in [-0.2, -0.15) is 23.3 Å². The van der Waals surface area contributed by atoms with E-state index in [1.807, 2.05) is 0 Å². The molecule has 27 heavy (non-hydrogen) atoms. The summed E-state index contributed by atoms with van der Waals surface area (Å²) in [6.07, 6.45) is -5.80. The lowest BCUT2D eigenvalue weighted by Gasteiger charge is -2.31. The van der Waals surface area contributed by atoms with E-state index in [2.05, 4.69) is 5.10 Å². The molecule has 0 bridgehead atoms. The highest BCUT2D eigenvalue weighted by molar-refractivity contribution is 6.00. The highest BCUT2D eigenvalue weighted by atomic mass is 19.4. The molecular weight excluding hydrogens is 367 g/mol. The zero-order valence-corrected chi connectivity index (χ0v) is 13.6. The number of benzene rings is 2. The van der Waals surface area contributed by atoms with Crippen LogP contribution in [0.1, 0.15) is 22.3 Å². The first-order valence-corrected chi connectivity index (χ1v) is 7.64. The van der Waals surface area contributed by atoms with Crippen molar-refractivity contribution in [1.82, 2.24) is 5.01 Å². The van der Waals surface area contributed by atoms with E-state index >= 15 is 0 Å². The van der Waals surface area contributed by atoms with E-state index in [0.717, 1.165) is 12.1 Å². The number of rotatable bonds is 3. The molecule has 140 valence electrons. The second-order valence-electron chi connectivity index (χ2n) is 5.83. The predicted molar refractivity (Wildman–Crippen MR) is 87.7 cm³/mol. The van der Waals surface area contributed by atoms with Crippen LogP contribution in [-0.4, -0.2) is 32.8 Å². The number of aliphatic hydroxyl groups is 1. The minimum atomic E-state index is -4.85. The zero-order valence-electron chi connectivity index (χ0n) is 13.6. The monoisotopic (exact) mass is 379 g/mol. The fourth-order valence-corrected chi connectivity index (χ4v) is 2.72. The van der Waals surface area contributed by atoms with Gasteiger partial charge in [0.05, 0.1) is 11.3 Å². The van der Waals surface area contributed by atoms with E-state index in [-0.39, 0.29) is 11.1 Å². The fraction of sp³-hybridized carbons (Fsp3) is 0.176. The summed E-state index contributed by atoms with van der Waals surface area (Å²) in [7, 11) is 0. The Morgan fingerprint density at radius 3 is 2.44 bits per heavy atom. The number of nitrogens with zero attached hydrogens (tertiary/aromatic N) is 3. The molecule has 10 heteroatoms. The molecule has 0 aliphatic carbocycles. The van der Waals surface area contributed by atoms with Gasteiger partial charge in [-0.3, -0.25) is 14.9 Å². The maximum absolute atomic E-state index is 13.2. The molecule has 1 aliphatic heterocycles. The van der Waals surface area contributed by atoms with Gasteiger partial charge in [-0.25, -0.2) is 0 Å². The van der Waals surface area contributed by atoms with Crippen molar-refractivity contribution in [2.24, 2.45) is 5.10 Å². The third-order valence-electron chi connectivity index (χ3n) is 4.04. The van der Waals surface area contributed by atoms with Gasteiger partial charge in [0.2, 0.25) is 0 Å². The number of halogens is 3. The lowest BCUT2D eigenvalue weighted by atomic mass is 9.96. The Morgan fingerprint density at radius 1 is 1.19 bits per heavy atom. The normalized spacial score (nSPS) is 19.7. The van der Waals surface area contributed by atoms with Gasteiger partial charge < -0.3 is 5.11 Å². The van der Waals surface area contributed by atoms with Crippen molar-refractivity contribution >= 4 is 17.3 Å². The number of amides is 1. The lowest BCUT2D eigenvalue weighted by molar-refractivity contribution is -0.384. The van der Waals surface area contributed by atoms with E-state index in [9.17, 15) is 33.2 Å². The first kappa shape index (κ1) is 18.5. The molecule has 3 rings (SSSR count). The van der Waals surface area contributed by atoms with Crippen LogP contribution in [0.3, 0.4) is 0 Å². The quantitative estimate of drug-likeness (QED) is 0.654. The second-order valence-corrected chi connectivity index (χ2v) is 5.83. The summed E-state index contributed by atoms with van der Waals surface area (Å²) in [4.78, 5) is 22.9. The molecule has 0 saturated carbocycles. The van der Waals surface area contributed by atoms with Crippen molar-refractivity contribution in [2.75, 3.05) is 0 Å². The van der Waals surface area contributed by atoms with Crippen LogP contribution < -0.4 is 0 Å². The van der Waals surface area contributed by atoms with Crippen LogP contribution >= 0.6 is 0 Å². The zero-order chi connectivity index (χ0) is 19.8. The first-order chi connectivity index (χ1) is 12.6. The number of hydrazone groups is 1. The number of carbonyl (C=O) groups excluding carboxylic acids is 1. The van der Waals surface area contributed by atoms with Crippen molar-refractivity contribution in [2.45, 2.75) is 18.3 Å². The average molecular weight is 379 g/mol. The van der Waals surface area contributed by atoms with E-state index in [4.69, 9.17) is 0 Å². The smallest absolute Gasteiger partial charge is 0.365 e. The summed E-state index contributed by atoms with van der Waals surface area (Å²) in [5, 5.41) is 25.4. The van der Waals surface area contributed by atoms with Gasteiger partial charge in [-0.05, 0) is 6.07 Å². The molecule has 0 saturated heterocycles. The average Bonchev–Trinajstić information content (AvgIpc) is 3.01. The molecule has 0 fully saturated rings. The van der Waals surface area contributed by atoms with Gasteiger partial charge in [0.1, 0.15) is 5.71 Å². The van der Waals surface area contributed by atoms with Gasteiger partial charge >= 0.3 is 6.18 Å². The second kappa shape index (κ2) is 6.47. The molecular formula is C17H12F3N3O4. The highest BCUT2D eigenvalue weighted by Gasteiger charge is 2.53. The van der Waals surface area contributed by atoms with Crippen LogP contribution in [0.4, 0.5) is 18.9 Å². The third kappa shape index (κ3) is 3.38. The SMILES string of the molecule is O=C(c1cccc([N+](=O)[O-])c1)N1N=C(C(F)(F)F)C[C@]1(O)c1ccccc1. The molecule has 1 atom stereocenters. The van der Waals surface area contributed by atoms with Crippen molar-refractivity contribution < 1.29 is 28.0 Å². The molecule has 7 nitrogen and oxygen atoms in total. The number of hydrogen-bond donors (Lipinski definition) is 1. The van der Waals surface area contributed by atoms with Crippen LogP contribution in [0.2, 0.25) is 0 Å².